The maximum absolute atomic E-state index is 11.8. The number of carbonyl (C=O) groups excluding carboxylic acids is 1. The number of hydrogen-bond donors (Lipinski definition) is 1. The zero-order valence-corrected chi connectivity index (χ0v) is 10.3. The fourth-order valence-corrected chi connectivity index (χ4v) is 1.92. The standard InChI is InChI=1S/C12H13Cl2NO/c13-8-1-4-11(14)10(7-8)12(16)5-6-15-9-2-3-9/h1,4,7,9,15H,2-3,5-6H2. The Balaban J connectivity index is 1.93. The van der Waals surface area contributed by atoms with E-state index in [0.717, 1.165) is 0 Å². The molecule has 4 heteroatoms. The lowest BCUT2D eigenvalue weighted by Gasteiger charge is -2.05. The van der Waals surface area contributed by atoms with Crippen molar-refractivity contribution in [2.75, 3.05) is 6.54 Å². The Bertz CT molecular complexity index is 402. The van der Waals surface area contributed by atoms with Gasteiger partial charge in [-0.3, -0.25) is 4.79 Å². The predicted octanol–water partition coefficient (Wildman–Crippen LogP) is 3.32. The molecule has 1 aliphatic carbocycles. The van der Waals surface area contributed by atoms with Gasteiger partial charge in [0.2, 0.25) is 0 Å². The van der Waals surface area contributed by atoms with Gasteiger partial charge in [0, 0.05) is 29.6 Å². The van der Waals surface area contributed by atoms with Crippen molar-refractivity contribution in [3.63, 3.8) is 0 Å². The third-order valence-electron chi connectivity index (χ3n) is 2.59. The number of hydrogen-bond acceptors (Lipinski definition) is 2. The van der Waals surface area contributed by atoms with Gasteiger partial charge in [0.25, 0.3) is 0 Å². The Hall–Kier alpha value is -0.570. The number of benzene rings is 1. The summed E-state index contributed by atoms with van der Waals surface area (Å²) in [6.45, 7) is 0.715. The molecule has 0 saturated heterocycles. The second-order valence-electron chi connectivity index (χ2n) is 4.03. The Morgan fingerprint density at radius 2 is 2.12 bits per heavy atom. The van der Waals surface area contributed by atoms with Gasteiger partial charge in [-0.25, -0.2) is 0 Å². The van der Waals surface area contributed by atoms with Crippen LogP contribution in [0.5, 0.6) is 0 Å². The summed E-state index contributed by atoms with van der Waals surface area (Å²) in [5.74, 6) is 0.0423. The van der Waals surface area contributed by atoms with E-state index in [2.05, 4.69) is 5.32 Å². The van der Waals surface area contributed by atoms with Gasteiger partial charge >= 0.3 is 0 Å². The van der Waals surface area contributed by atoms with Crippen LogP contribution in [0.3, 0.4) is 0 Å². The van der Waals surface area contributed by atoms with Crippen molar-refractivity contribution in [2.24, 2.45) is 0 Å². The molecule has 0 unspecified atom stereocenters. The molecule has 86 valence electrons. The summed E-state index contributed by atoms with van der Waals surface area (Å²) >= 11 is 11.8. The lowest BCUT2D eigenvalue weighted by molar-refractivity contribution is 0.0982. The minimum Gasteiger partial charge on any atom is -0.314 e. The molecule has 1 aromatic rings. The Labute approximate surface area is 105 Å². The number of carbonyl (C=O) groups is 1. The number of halogens is 2. The molecule has 1 fully saturated rings. The third-order valence-corrected chi connectivity index (χ3v) is 3.16. The molecule has 0 radical (unpaired) electrons. The largest absolute Gasteiger partial charge is 0.314 e. The summed E-state index contributed by atoms with van der Waals surface area (Å²) in [7, 11) is 0. The van der Waals surface area contributed by atoms with Crippen molar-refractivity contribution in [1.29, 1.82) is 0 Å². The van der Waals surface area contributed by atoms with Crippen molar-refractivity contribution in [2.45, 2.75) is 25.3 Å². The summed E-state index contributed by atoms with van der Waals surface area (Å²) in [5, 5.41) is 4.31. The molecular formula is C12H13Cl2NO. The van der Waals surface area contributed by atoms with E-state index in [0.29, 0.717) is 34.6 Å². The van der Waals surface area contributed by atoms with Gasteiger partial charge in [-0.05, 0) is 31.0 Å². The first kappa shape index (κ1) is 11.9. The highest BCUT2D eigenvalue weighted by molar-refractivity contribution is 6.35. The Morgan fingerprint density at radius 1 is 1.38 bits per heavy atom. The molecule has 0 amide bonds. The van der Waals surface area contributed by atoms with E-state index >= 15 is 0 Å². The van der Waals surface area contributed by atoms with Crippen LogP contribution in [-0.4, -0.2) is 18.4 Å². The highest BCUT2D eigenvalue weighted by atomic mass is 35.5. The van der Waals surface area contributed by atoms with Gasteiger partial charge in [-0.1, -0.05) is 23.2 Å². The van der Waals surface area contributed by atoms with Crippen LogP contribution in [0.15, 0.2) is 18.2 Å². The first-order chi connectivity index (χ1) is 7.66. The van der Waals surface area contributed by atoms with Crippen LogP contribution in [0.25, 0.3) is 0 Å². The van der Waals surface area contributed by atoms with Gasteiger partial charge in [0.15, 0.2) is 5.78 Å². The van der Waals surface area contributed by atoms with E-state index in [1.54, 1.807) is 18.2 Å². The molecule has 0 aromatic heterocycles. The summed E-state index contributed by atoms with van der Waals surface area (Å²) in [4.78, 5) is 11.8. The highest BCUT2D eigenvalue weighted by Crippen LogP contribution is 2.22. The van der Waals surface area contributed by atoms with Crippen molar-refractivity contribution >= 4 is 29.0 Å². The van der Waals surface area contributed by atoms with Crippen molar-refractivity contribution in [3.8, 4) is 0 Å². The van der Waals surface area contributed by atoms with Crippen LogP contribution in [0.1, 0.15) is 29.6 Å². The molecule has 0 bridgehead atoms. The molecule has 0 atom stereocenters. The zero-order chi connectivity index (χ0) is 11.5. The van der Waals surface area contributed by atoms with E-state index < -0.39 is 0 Å². The highest BCUT2D eigenvalue weighted by Gasteiger charge is 2.20. The molecule has 16 heavy (non-hydrogen) atoms. The topological polar surface area (TPSA) is 29.1 Å². The molecule has 1 aliphatic rings. The second kappa shape index (κ2) is 5.17. The van der Waals surface area contributed by atoms with Crippen LogP contribution in [0.4, 0.5) is 0 Å². The minimum absolute atomic E-state index is 0.0423. The van der Waals surface area contributed by atoms with Crippen molar-refractivity contribution < 1.29 is 4.79 Å². The maximum Gasteiger partial charge on any atom is 0.165 e. The van der Waals surface area contributed by atoms with Crippen molar-refractivity contribution in [1.82, 2.24) is 5.32 Å². The van der Waals surface area contributed by atoms with E-state index in [1.165, 1.54) is 12.8 Å². The van der Waals surface area contributed by atoms with Gasteiger partial charge in [0.05, 0.1) is 5.02 Å². The number of nitrogens with one attached hydrogen (secondary N) is 1. The monoisotopic (exact) mass is 257 g/mol. The van der Waals surface area contributed by atoms with Crippen LogP contribution < -0.4 is 5.32 Å². The average Bonchev–Trinajstić information content (AvgIpc) is 3.05. The number of ketones is 1. The smallest absolute Gasteiger partial charge is 0.165 e. The van der Waals surface area contributed by atoms with Gasteiger partial charge in [-0.15, -0.1) is 0 Å². The molecule has 1 N–H and O–H groups in total. The second-order valence-corrected chi connectivity index (χ2v) is 4.87. The molecule has 0 aliphatic heterocycles. The fourth-order valence-electron chi connectivity index (χ4n) is 1.52. The summed E-state index contributed by atoms with van der Waals surface area (Å²) in [6.07, 6.45) is 2.93. The molecular weight excluding hydrogens is 245 g/mol. The Kier molecular flexibility index (Phi) is 3.85. The van der Waals surface area contributed by atoms with Crippen LogP contribution in [-0.2, 0) is 0 Å². The van der Waals surface area contributed by atoms with Crippen molar-refractivity contribution in [3.05, 3.63) is 33.8 Å². The molecule has 0 heterocycles. The average molecular weight is 258 g/mol. The van der Waals surface area contributed by atoms with Crippen LogP contribution in [0.2, 0.25) is 10.0 Å². The SMILES string of the molecule is O=C(CCNC1CC1)c1cc(Cl)ccc1Cl. The van der Waals surface area contributed by atoms with Gasteiger partial charge < -0.3 is 5.32 Å². The molecule has 2 nitrogen and oxygen atoms in total. The van der Waals surface area contributed by atoms with E-state index in [9.17, 15) is 4.79 Å². The Morgan fingerprint density at radius 3 is 2.81 bits per heavy atom. The zero-order valence-electron chi connectivity index (χ0n) is 8.80. The first-order valence-electron chi connectivity index (χ1n) is 5.38. The fraction of sp³-hybridized carbons (Fsp3) is 0.417. The summed E-state index contributed by atoms with van der Waals surface area (Å²) in [6, 6.07) is 5.60. The van der Waals surface area contributed by atoms with Gasteiger partial charge in [0.1, 0.15) is 0 Å². The summed E-state index contributed by atoms with van der Waals surface area (Å²) < 4.78 is 0. The molecule has 1 aromatic carbocycles. The normalized spacial score (nSPS) is 15.1. The maximum atomic E-state index is 11.8. The lowest BCUT2D eigenvalue weighted by atomic mass is 10.1. The van der Waals surface area contributed by atoms with Crippen LogP contribution in [0, 0.1) is 0 Å². The van der Waals surface area contributed by atoms with E-state index in [1.807, 2.05) is 0 Å². The summed E-state index contributed by atoms with van der Waals surface area (Å²) in [5.41, 5.74) is 0.520. The van der Waals surface area contributed by atoms with Crippen LogP contribution >= 0.6 is 23.2 Å². The molecule has 2 rings (SSSR count). The number of Topliss-reactive ketones (excluding diaryl/α,β-unsaturated/α-hetero) is 1. The first-order valence-corrected chi connectivity index (χ1v) is 6.14. The van der Waals surface area contributed by atoms with Gasteiger partial charge in [-0.2, -0.15) is 0 Å². The molecule has 0 spiro atoms. The van der Waals surface area contributed by atoms with E-state index in [-0.39, 0.29) is 5.78 Å². The quantitative estimate of drug-likeness (QED) is 0.821. The number of rotatable bonds is 5. The van der Waals surface area contributed by atoms with E-state index in [4.69, 9.17) is 23.2 Å². The lowest BCUT2D eigenvalue weighted by Crippen LogP contribution is -2.20. The predicted molar refractivity (Wildman–Crippen MR) is 66.4 cm³/mol. The minimum atomic E-state index is 0.0423. The third kappa shape index (κ3) is 3.21. The molecule has 1 saturated carbocycles.